The molecule has 0 saturated carbocycles. The lowest BCUT2D eigenvalue weighted by Crippen LogP contribution is -2.34. The maximum Gasteiger partial charge on any atom is 0.326 e. The maximum atomic E-state index is 12.5. The Morgan fingerprint density at radius 1 is 1.31 bits per heavy atom. The molecule has 1 aromatic heterocycles. The second-order valence-electron chi connectivity index (χ2n) is 5.62. The predicted octanol–water partition coefficient (Wildman–Crippen LogP) is 3.43. The van der Waals surface area contributed by atoms with Crippen molar-refractivity contribution in [2.75, 3.05) is 13.2 Å². The number of rotatable bonds is 6. The Morgan fingerprint density at radius 2 is 2.08 bits per heavy atom. The number of amides is 2. The number of allylic oxidation sites excluding steroid dienone is 1. The Morgan fingerprint density at radius 3 is 2.81 bits per heavy atom. The number of benzene rings is 1. The van der Waals surface area contributed by atoms with Crippen LogP contribution in [-0.2, 0) is 20.9 Å². The quantitative estimate of drug-likeness (QED) is 0.443. The molecule has 0 spiro atoms. The Balaban J connectivity index is 1.92. The molecule has 26 heavy (non-hydrogen) atoms. The van der Waals surface area contributed by atoms with Gasteiger partial charge in [-0.2, -0.15) is 0 Å². The maximum absolute atomic E-state index is 12.5. The van der Waals surface area contributed by atoms with E-state index in [1.807, 2.05) is 35.0 Å². The average Bonchev–Trinajstić information content (AvgIpc) is 3.09. The van der Waals surface area contributed by atoms with Crippen LogP contribution in [0.1, 0.15) is 12.5 Å². The van der Waals surface area contributed by atoms with Crippen molar-refractivity contribution >= 4 is 45.9 Å². The summed E-state index contributed by atoms with van der Waals surface area (Å²) in [4.78, 5) is 37.4. The Bertz CT molecular complexity index is 929. The molecule has 1 saturated heterocycles. The van der Waals surface area contributed by atoms with Crippen LogP contribution in [0.15, 0.2) is 48.0 Å². The number of nitrogens with zero attached hydrogens (tertiary/aromatic N) is 2. The molecule has 0 unspecified atom stereocenters. The lowest BCUT2D eigenvalue weighted by molar-refractivity contribution is -0.145. The molecule has 1 aromatic carbocycles. The molecule has 0 N–H and O–H groups in total. The van der Waals surface area contributed by atoms with Gasteiger partial charge in [0.05, 0.1) is 11.5 Å². The van der Waals surface area contributed by atoms with Gasteiger partial charge in [0.2, 0.25) is 0 Å². The second-order valence-corrected chi connectivity index (χ2v) is 6.61. The van der Waals surface area contributed by atoms with Crippen LogP contribution in [0.3, 0.4) is 0 Å². The van der Waals surface area contributed by atoms with E-state index in [4.69, 9.17) is 4.74 Å². The normalized spacial score (nSPS) is 15.9. The van der Waals surface area contributed by atoms with Gasteiger partial charge in [-0.25, -0.2) is 0 Å². The third kappa shape index (κ3) is 3.43. The van der Waals surface area contributed by atoms with Crippen LogP contribution in [0.4, 0.5) is 4.79 Å². The van der Waals surface area contributed by atoms with Gasteiger partial charge in [-0.05, 0) is 30.8 Å². The largest absolute Gasteiger partial charge is 0.465 e. The minimum absolute atomic E-state index is 0.202. The predicted molar refractivity (Wildman–Crippen MR) is 101 cm³/mol. The number of ether oxygens (including phenoxy) is 1. The third-order valence-electron chi connectivity index (χ3n) is 3.90. The smallest absolute Gasteiger partial charge is 0.326 e. The van der Waals surface area contributed by atoms with Crippen molar-refractivity contribution in [2.24, 2.45) is 0 Å². The highest BCUT2D eigenvalue weighted by Gasteiger charge is 2.36. The molecule has 134 valence electrons. The molecule has 2 aromatic rings. The van der Waals surface area contributed by atoms with Gasteiger partial charge < -0.3 is 9.30 Å². The zero-order valence-corrected chi connectivity index (χ0v) is 15.1. The van der Waals surface area contributed by atoms with Gasteiger partial charge in [-0.15, -0.1) is 6.58 Å². The molecule has 0 aliphatic carbocycles. The number of hydrogen-bond acceptors (Lipinski definition) is 5. The highest BCUT2D eigenvalue weighted by atomic mass is 32.2. The summed E-state index contributed by atoms with van der Waals surface area (Å²) in [7, 11) is 0. The number of esters is 1. The van der Waals surface area contributed by atoms with Crippen LogP contribution >= 0.6 is 11.8 Å². The molecule has 1 fully saturated rings. The molecule has 2 heterocycles. The highest BCUT2D eigenvalue weighted by Crippen LogP contribution is 2.34. The molecule has 0 radical (unpaired) electrons. The summed E-state index contributed by atoms with van der Waals surface area (Å²) in [6.07, 6.45) is 5.41. The SMILES string of the molecule is C=CCn1cc(/C=C2/SC(=O)N(CC(=O)OCC)C2=O)c2ccccc21. The first-order valence-electron chi connectivity index (χ1n) is 8.15. The minimum Gasteiger partial charge on any atom is -0.465 e. The Kier molecular flexibility index (Phi) is 5.27. The fraction of sp³-hybridized carbons (Fsp3) is 0.211. The van der Waals surface area contributed by atoms with Gasteiger partial charge in [-0.1, -0.05) is 24.3 Å². The van der Waals surface area contributed by atoms with E-state index in [-0.39, 0.29) is 13.2 Å². The topological polar surface area (TPSA) is 68.6 Å². The Labute approximate surface area is 155 Å². The lowest BCUT2D eigenvalue weighted by Gasteiger charge is -2.10. The van der Waals surface area contributed by atoms with Crippen molar-refractivity contribution in [2.45, 2.75) is 13.5 Å². The molecule has 1 aliphatic rings. The molecule has 2 amide bonds. The van der Waals surface area contributed by atoms with Crippen LogP contribution in [-0.4, -0.2) is 39.7 Å². The monoisotopic (exact) mass is 370 g/mol. The molecule has 3 rings (SSSR count). The fourth-order valence-electron chi connectivity index (χ4n) is 2.79. The molecular weight excluding hydrogens is 352 g/mol. The zero-order valence-electron chi connectivity index (χ0n) is 14.3. The van der Waals surface area contributed by atoms with Crippen molar-refractivity contribution in [3.05, 3.63) is 53.6 Å². The van der Waals surface area contributed by atoms with Gasteiger partial charge in [0, 0.05) is 29.2 Å². The van der Waals surface area contributed by atoms with Crippen molar-refractivity contribution in [3.8, 4) is 0 Å². The van der Waals surface area contributed by atoms with E-state index in [0.29, 0.717) is 11.4 Å². The number of thioether (sulfide) groups is 1. The van der Waals surface area contributed by atoms with Crippen LogP contribution in [0.2, 0.25) is 0 Å². The second kappa shape index (κ2) is 7.61. The molecule has 0 atom stereocenters. The number of para-hydroxylation sites is 1. The van der Waals surface area contributed by atoms with E-state index >= 15 is 0 Å². The molecular formula is C19H18N2O4S. The summed E-state index contributed by atoms with van der Waals surface area (Å²) in [5.41, 5.74) is 1.86. The number of carbonyl (C=O) groups excluding carboxylic acids is 3. The van der Waals surface area contributed by atoms with Crippen LogP contribution in [0, 0.1) is 0 Å². The van der Waals surface area contributed by atoms with E-state index < -0.39 is 17.1 Å². The lowest BCUT2D eigenvalue weighted by atomic mass is 10.1. The first kappa shape index (κ1) is 18.0. The Hall–Kier alpha value is -2.80. The summed E-state index contributed by atoms with van der Waals surface area (Å²) in [5.74, 6) is -1.08. The van der Waals surface area contributed by atoms with Gasteiger partial charge in [0.15, 0.2) is 0 Å². The van der Waals surface area contributed by atoms with Gasteiger partial charge in [0.1, 0.15) is 6.54 Å². The van der Waals surface area contributed by atoms with Crippen molar-refractivity contribution < 1.29 is 19.1 Å². The van der Waals surface area contributed by atoms with Crippen LogP contribution in [0.5, 0.6) is 0 Å². The average molecular weight is 370 g/mol. The van der Waals surface area contributed by atoms with Crippen LogP contribution < -0.4 is 0 Å². The van der Waals surface area contributed by atoms with Gasteiger partial charge in [-0.3, -0.25) is 19.3 Å². The molecule has 6 nitrogen and oxygen atoms in total. The van der Waals surface area contributed by atoms with E-state index in [2.05, 4.69) is 6.58 Å². The molecule has 7 heteroatoms. The summed E-state index contributed by atoms with van der Waals surface area (Å²) in [6, 6.07) is 7.82. The van der Waals surface area contributed by atoms with E-state index in [1.54, 1.807) is 19.1 Å². The number of aromatic nitrogens is 1. The van der Waals surface area contributed by atoms with E-state index in [0.717, 1.165) is 33.1 Å². The summed E-state index contributed by atoms with van der Waals surface area (Å²) >= 11 is 0.829. The van der Waals surface area contributed by atoms with Crippen molar-refractivity contribution in [1.29, 1.82) is 0 Å². The summed E-state index contributed by atoms with van der Waals surface area (Å²) in [5, 5.41) is 0.510. The summed E-state index contributed by atoms with van der Waals surface area (Å²) < 4.78 is 6.84. The number of hydrogen-bond donors (Lipinski definition) is 0. The van der Waals surface area contributed by atoms with E-state index in [9.17, 15) is 14.4 Å². The summed E-state index contributed by atoms with van der Waals surface area (Å²) in [6.45, 7) is 5.90. The number of fused-ring (bicyclic) bond motifs is 1. The van der Waals surface area contributed by atoms with Crippen molar-refractivity contribution in [3.63, 3.8) is 0 Å². The number of carbonyl (C=O) groups is 3. The van der Waals surface area contributed by atoms with E-state index in [1.165, 1.54) is 0 Å². The van der Waals surface area contributed by atoms with Crippen molar-refractivity contribution in [1.82, 2.24) is 9.47 Å². The highest BCUT2D eigenvalue weighted by molar-refractivity contribution is 8.18. The fourth-order valence-corrected chi connectivity index (χ4v) is 3.62. The molecule has 0 bridgehead atoms. The first-order valence-corrected chi connectivity index (χ1v) is 8.96. The number of imide groups is 1. The van der Waals surface area contributed by atoms with Crippen LogP contribution in [0.25, 0.3) is 17.0 Å². The van der Waals surface area contributed by atoms with Gasteiger partial charge in [0.25, 0.3) is 11.1 Å². The van der Waals surface area contributed by atoms with Gasteiger partial charge >= 0.3 is 5.97 Å². The zero-order chi connectivity index (χ0) is 18.7. The third-order valence-corrected chi connectivity index (χ3v) is 4.81. The molecule has 1 aliphatic heterocycles. The first-order chi connectivity index (χ1) is 12.5. The standard InChI is InChI=1S/C19H18N2O4S/c1-3-9-20-11-13(14-7-5-6-8-15(14)20)10-16-18(23)21(19(24)26-16)12-17(22)25-4-2/h3,5-8,10-11H,1,4,9,12H2,2H3/b16-10+. The minimum atomic E-state index is -0.598.